The number of hydrogen-bond acceptors (Lipinski definition) is 4. The van der Waals surface area contributed by atoms with E-state index in [1.165, 1.54) is 12.1 Å². The van der Waals surface area contributed by atoms with Gasteiger partial charge in [-0.25, -0.2) is 4.90 Å². The zero-order chi connectivity index (χ0) is 21.0. The fourth-order valence-corrected chi connectivity index (χ4v) is 7.11. The summed E-state index contributed by atoms with van der Waals surface area (Å²) in [5, 5.41) is 10.7. The number of aryl methyl sites for hydroxylation is 1. The third-order valence-corrected chi connectivity index (χ3v) is 9.81. The second-order valence-electron chi connectivity index (χ2n) is 6.82. The topological polar surface area (TPSA) is 80.5 Å². The Morgan fingerprint density at radius 2 is 1.46 bits per heavy atom. The van der Waals surface area contributed by atoms with Crippen molar-refractivity contribution in [2.45, 2.75) is 21.0 Å². The Hall–Kier alpha value is -0.760. The van der Waals surface area contributed by atoms with Crippen LogP contribution in [-0.2, 0) is 9.59 Å². The van der Waals surface area contributed by atoms with Gasteiger partial charge in [-0.05, 0) is 12.5 Å². The van der Waals surface area contributed by atoms with Crippen LogP contribution in [-0.4, -0.2) is 30.8 Å². The number of carbonyl (C=O) groups excluding carboxylic acids is 2. The second kappa shape index (κ2) is 5.90. The van der Waals surface area contributed by atoms with Crippen LogP contribution >= 0.6 is 69.6 Å². The first kappa shape index (κ1) is 20.5. The predicted molar refractivity (Wildman–Crippen MR) is 108 cm³/mol. The number of halogens is 6. The van der Waals surface area contributed by atoms with E-state index in [2.05, 4.69) is 0 Å². The van der Waals surface area contributed by atoms with Crippen molar-refractivity contribution in [1.82, 2.24) is 0 Å². The van der Waals surface area contributed by atoms with E-state index in [-0.39, 0.29) is 21.4 Å². The molecule has 1 aliphatic heterocycles. The summed E-state index contributed by atoms with van der Waals surface area (Å²) in [5.74, 6) is -4.10. The van der Waals surface area contributed by atoms with Gasteiger partial charge in [-0.15, -0.1) is 23.2 Å². The van der Waals surface area contributed by atoms with Gasteiger partial charge in [0.25, 0.3) is 5.69 Å². The number of imide groups is 1. The number of non-ortho nitro benzene ring substituents is 1. The van der Waals surface area contributed by atoms with Gasteiger partial charge < -0.3 is 0 Å². The Morgan fingerprint density at radius 1 is 1.00 bits per heavy atom. The van der Waals surface area contributed by atoms with Crippen LogP contribution in [0.25, 0.3) is 0 Å². The minimum atomic E-state index is -2.03. The zero-order valence-corrected chi connectivity index (χ0v) is 18.2. The van der Waals surface area contributed by atoms with Gasteiger partial charge in [-0.3, -0.25) is 19.7 Å². The monoisotopic (exact) mass is 502 g/mol. The van der Waals surface area contributed by atoms with Gasteiger partial charge in [0, 0.05) is 12.1 Å². The number of nitrogens with zero attached hydrogens (tertiary/aromatic N) is 2. The van der Waals surface area contributed by atoms with Crippen molar-refractivity contribution in [1.29, 1.82) is 0 Å². The fourth-order valence-electron chi connectivity index (χ4n) is 4.18. The highest BCUT2D eigenvalue weighted by Crippen LogP contribution is 2.77. The molecule has 3 aliphatic rings. The summed E-state index contributed by atoms with van der Waals surface area (Å²) < 4.78 is -2.03. The van der Waals surface area contributed by atoms with Crippen LogP contribution in [0.2, 0.25) is 0 Å². The van der Waals surface area contributed by atoms with Gasteiger partial charge in [-0.2, -0.15) is 0 Å². The highest BCUT2D eigenvalue weighted by Gasteiger charge is 2.87. The van der Waals surface area contributed by atoms with Gasteiger partial charge in [-0.1, -0.05) is 52.5 Å². The summed E-state index contributed by atoms with van der Waals surface area (Å²) in [4.78, 5) is 34.0. The molecule has 0 N–H and O–H groups in total. The van der Waals surface area contributed by atoms with Gasteiger partial charge in [0.2, 0.25) is 11.8 Å². The molecule has 2 aliphatic carbocycles. The van der Waals surface area contributed by atoms with Crippen molar-refractivity contribution < 1.29 is 14.5 Å². The number of carbonyl (C=O) groups is 2. The van der Waals surface area contributed by atoms with E-state index in [4.69, 9.17) is 69.6 Å². The molecule has 2 amide bonds. The number of nitro benzene ring substituents is 1. The van der Waals surface area contributed by atoms with Crippen molar-refractivity contribution in [2.24, 2.45) is 11.8 Å². The summed E-state index contributed by atoms with van der Waals surface area (Å²) in [6.07, 6.45) is 0. The maximum absolute atomic E-state index is 13.3. The van der Waals surface area contributed by atoms with E-state index in [9.17, 15) is 19.7 Å². The standard InChI is InChI=1S/C16H8Cl6N2O4/c1-5-2-3-6(24(27)28)4-7(5)23-12(25)8-9(13(23)26)15(20)11(18)10(17)14(8,19)16(15,21)22/h2-4,8-9H,1H3/t8-,9-,14-,15-/m0/s1. The molecule has 1 saturated heterocycles. The first-order chi connectivity index (χ1) is 12.8. The van der Waals surface area contributed by atoms with E-state index in [1.54, 1.807) is 6.92 Å². The van der Waals surface area contributed by atoms with Gasteiger partial charge in [0.15, 0.2) is 4.33 Å². The Balaban J connectivity index is 1.91. The zero-order valence-electron chi connectivity index (χ0n) is 13.7. The maximum atomic E-state index is 13.3. The van der Waals surface area contributed by atoms with Gasteiger partial charge in [0.1, 0.15) is 9.75 Å². The Labute approximate surface area is 188 Å². The van der Waals surface area contributed by atoms with Crippen LogP contribution in [0.5, 0.6) is 0 Å². The largest absolute Gasteiger partial charge is 0.274 e. The smallest absolute Gasteiger partial charge is 0.271 e. The van der Waals surface area contributed by atoms with Crippen LogP contribution in [0.15, 0.2) is 28.3 Å². The van der Waals surface area contributed by atoms with E-state index >= 15 is 0 Å². The Morgan fingerprint density at radius 3 is 1.89 bits per heavy atom. The lowest BCUT2D eigenvalue weighted by atomic mass is 9.84. The molecule has 0 unspecified atom stereocenters. The quantitative estimate of drug-likeness (QED) is 0.249. The molecule has 0 aromatic heterocycles. The molecule has 0 spiro atoms. The molecule has 1 aromatic rings. The normalized spacial score (nSPS) is 35.8. The van der Waals surface area contributed by atoms with Crippen LogP contribution in [0.3, 0.4) is 0 Å². The molecule has 1 aromatic carbocycles. The van der Waals surface area contributed by atoms with Crippen molar-refractivity contribution in [3.8, 4) is 0 Å². The van der Waals surface area contributed by atoms with E-state index in [0.717, 1.165) is 11.0 Å². The Kier molecular flexibility index (Phi) is 4.32. The van der Waals surface area contributed by atoms with Crippen LogP contribution in [0.1, 0.15) is 5.56 Å². The molecule has 12 heteroatoms. The van der Waals surface area contributed by atoms with Crippen molar-refractivity contribution in [3.63, 3.8) is 0 Å². The van der Waals surface area contributed by atoms with Crippen LogP contribution < -0.4 is 4.90 Å². The van der Waals surface area contributed by atoms with E-state index in [1.807, 2.05) is 0 Å². The number of rotatable bonds is 2. The third kappa shape index (κ3) is 1.99. The average molecular weight is 505 g/mol. The summed E-state index contributed by atoms with van der Waals surface area (Å²) in [6.45, 7) is 1.60. The summed E-state index contributed by atoms with van der Waals surface area (Å²) in [5.41, 5.74) is 0.209. The number of anilines is 1. The fraction of sp³-hybridized carbons (Fsp3) is 0.375. The number of alkyl halides is 4. The van der Waals surface area contributed by atoms with Crippen molar-refractivity contribution >= 4 is 92.8 Å². The van der Waals surface area contributed by atoms with Gasteiger partial charge >= 0.3 is 0 Å². The molecule has 148 valence electrons. The summed E-state index contributed by atoms with van der Waals surface area (Å²) >= 11 is 38.5. The number of amides is 2. The molecule has 4 atom stereocenters. The van der Waals surface area contributed by atoms with Crippen LogP contribution in [0, 0.1) is 28.9 Å². The lowest BCUT2D eigenvalue weighted by Gasteiger charge is -2.34. The maximum Gasteiger partial charge on any atom is 0.271 e. The lowest BCUT2D eigenvalue weighted by molar-refractivity contribution is -0.384. The second-order valence-corrected chi connectivity index (χ2v) is 10.1. The molecular weight excluding hydrogens is 497 g/mol. The Bertz CT molecular complexity index is 980. The average Bonchev–Trinajstić information content (AvgIpc) is 3.00. The van der Waals surface area contributed by atoms with E-state index < -0.39 is 42.7 Å². The highest BCUT2D eigenvalue weighted by atomic mass is 35.5. The summed E-state index contributed by atoms with van der Waals surface area (Å²) in [7, 11) is 0. The molecule has 2 bridgehead atoms. The van der Waals surface area contributed by atoms with Crippen LogP contribution in [0.4, 0.5) is 11.4 Å². The number of nitro groups is 1. The SMILES string of the molecule is Cc1ccc([N+](=O)[O-])cc1N1C(=O)[C@@H]2[C@@H](C1=O)[C@]1(Cl)C(Cl)=C(Cl)[C@]2(Cl)C1(Cl)Cl. The minimum Gasteiger partial charge on any atom is -0.274 e. The molecule has 1 saturated carbocycles. The molecule has 2 fully saturated rings. The van der Waals surface area contributed by atoms with E-state index in [0.29, 0.717) is 5.56 Å². The minimum absolute atomic E-state index is 0.0422. The van der Waals surface area contributed by atoms with Gasteiger partial charge in [0.05, 0.1) is 32.5 Å². The predicted octanol–water partition coefficient (Wildman–Crippen LogP) is 4.85. The number of fused-ring (bicyclic) bond motifs is 5. The molecule has 6 nitrogen and oxygen atoms in total. The molecular formula is C16H8Cl6N2O4. The first-order valence-electron chi connectivity index (χ1n) is 7.78. The summed E-state index contributed by atoms with van der Waals surface area (Å²) in [6, 6.07) is 3.81. The lowest BCUT2D eigenvalue weighted by Crippen LogP contribution is -2.50. The molecule has 28 heavy (non-hydrogen) atoms. The molecule has 4 rings (SSSR count). The highest BCUT2D eigenvalue weighted by molar-refractivity contribution is 6.67. The molecule has 0 radical (unpaired) electrons. The third-order valence-electron chi connectivity index (χ3n) is 5.55. The number of hydrogen-bond donors (Lipinski definition) is 0. The van der Waals surface area contributed by atoms with Crippen molar-refractivity contribution in [2.75, 3.05) is 4.90 Å². The molecule has 1 heterocycles. The number of benzene rings is 1. The van der Waals surface area contributed by atoms with Crippen molar-refractivity contribution in [3.05, 3.63) is 43.9 Å². The first-order valence-corrected chi connectivity index (χ1v) is 10.0. The number of allylic oxidation sites excluding steroid dienone is 2.